The molecule has 1 aliphatic carbocycles. The molecule has 0 amide bonds. The van der Waals surface area contributed by atoms with Crippen molar-refractivity contribution in [3.8, 4) is 0 Å². The van der Waals surface area contributed by atoms with E-state index in [9.17, 15) is 0 Å². The molecule has 0 aliphatic heterocycles. The summed E-state index contributed by atoms with van der Waals surface area (Å²) in [7, 11) is 0. The molecule has 3 unspecified atom stereocenters. The van der Waals surface area contributed by atoms with Gasteiger partial charge in [-0.05, 0) is 43.9 Å². The summed E-state index contributed by atoms with van der Waals surface area (Å²) >= 11 is 4.83. The Kier molecular flexibility index (Phi) is 11.9. The predicted molar refractivity (Wildman–Crippen MR) is 102 cm³/mol. The van der Waals surface area contributed by atoms with Gasteiger partial charge in [0.25, 0.3) is 0 Å². The molecule has 1 fully saturated rings. The largest absolute Gasteiger partial charge is 0.519 e. The Labute approximate surface area is 144 Å². The van der Waals surface area contributed by atoms with Crippen LogP contribution in [0.4, 0.5) is 0 Å². The van der Waals surface area contributed by atoms with E-state index in [4.69, 9.17) is 18.0 Å². The van der Waals surface area contributed by atoms with Gasteiger partial charge in [-0.25, -0.2) is 0 Å². The van der Waals surface area contributed by atoms with Crippen molar-refractivity contribution in [2.24, 2.45) is 11.8 Å². The quantitative estimate of drug-likeness (QED) is 0.124. The van der Waals surface area contributed by atoms with Gasteiger partial charge < -0.3 is 11.6 Å². The van der Waals surface area contributed by atoms with Gasteiger partial charge in [-0.3, -0.25) is 0 Å². The second kappa shape index (κ2) is 13.2. The molecule has 0 spiro atoms. The van der Waals surface area contributed by atoms with Crippen LogP contribution in [0, 0.1) is 17.2 Å². The fourth-order valence-electron chi connectivity index (χ4n) is 3.63. The number of nitrogens with one attached hydrogen (secondary N) is 1. The van der Waals surface area contributed by atoms with Gasteiger partial charge in [0, 0.05) is 5.25 Å². The highest BCUT2D eigenvalue weighted by Crippen LogP contribution is 2.39. The van der Waals surface area contributed by atoms with Crippen molar-refractivity contribution in [2.45, 2.75) is 95.6 Å². The molecule has 128 valence electrons. The van der Waals surface area contributed by atoms with Crippen molar-refractivity contribution in [3.63, 3.8) is 0 Å². The number of hydrogen-bond acceptors (Lipinski definition) is 2. The highest BCUT2D eigenvalue weighted by atomic mass is 32.1. The first kappa shape index (κ1) is 19.8. The molecule has 0 bridgehead atoms. The number of rotatable bonds is 13. The molecule has 1 nitrogen and oxygen atoms in total. The zero-order valence-electron chi connectivity index (χ0n) is 14.5. The van der Waals surface area contributed by atoms with Gasteiger partial charge >= 0.3 is 0 Å². The molecule has 3 atom stereocenters. The van der Waals surface area contributed by atoms with E-state index in [0.29, 0.717) is 5.25 Å². The minimum Gasteiger partial charge on any atom is -0.519 e. The Hall–Kier alpha value is -0.240. The predicted octanol–water partition coefficient (Wildman–Crippen LogP) is 6.70. The summed E-state index contributed by atoms with van der Waals surface area (Å²) in [6, 6.07) is 0. The fraction of sp³-hybridized carbons (Fsp3) is 0.850. The summed E-state index contributed by atoms with van der Waals surface area (Å²) in [6.45, 7) is 2.27. The van der Waals surface area contributed by atoms with Gasteiger partial charge in [-0.2, -0.15) is 19.0 Å². The summed E-state index contributed by atoms with van der Waals surface area (Å²) in [5.74, 6) is 1.58. The summed E-state index contributed by atoms with van der Waals surface area (Å²) in [6.07, 6.45) is 24.0. The molecular formula is C20H36NS-. The number of thiol groups is 1. The monoisotopic (exact) mass is 322 g/mol. The molecule has 0 aromatic carbocycles. The first-order chi connectivity index (χ1) is 10.8. The first-order valence-electron chi connectivity index (χ1n) is 9.54. The van der Waals surface area contributed by atoms with Gasteiger partial charge in [0.1, 0.15) is 0 Å². The molecule has 22 heavy (non-hydrogen) atoms. The number of allylic oxidation sites excluding steroid dienone is 2. The van der Waals surface area contributed by atoms with Crippen molar-refractivity contribution >= 4 is 18.8 Å². The van der Waals surface area contributed by atoms with Crippen molar-refractivity contribution in [2.75, 3.05) is 0 Å². The van der Waals surface area contributed by atoms with Crippen LogP contribution < -0.4 is 0 Å². The Bertz CT molecular complexity index is 300. The lowest BCUT2D eigenvalue weighted by Gasteiger charge is -2.20. The van der Waals surface area contributed by atoms with Crippen LogP contribution in [0.1, 0.15) is 90.4 Å². The normalized spacial score (nSPS) is 25.1. The molecule has 1 aliphatic rings. The summed E-state index contributed by atoms with van der Waals surface area (Å²) in [4.78, 5) is 0. The van der Waals surface area contributed by atoms with Gasteiger partial charge in [-0.1, -0.05) is 64.0 Å². The Morgan fingerprint density at radius 1 is 1.05 bits per heavy atom. The van der Waals surface area contributed by atoms with E-state index in [-0.39, 0.29) is 0 Å². The second-order valence-electron chi connectivity index (χ2n) is 6.88. The average molecular weight is 323 g/mol. The summed E-state index contributed by atoms with van der Waals surface area (Å²) < 4.78 is 0. The van der Waals surface area contributed by atoms with E-state index in [1.54, 1.807) is 0 Å². The lowest BCUT2D eigenvalue weighted by atomic mass is 9.89. The number of hydrogen-bond donors (Lipinski definition) is 2. The van der Waals surface area contributed by atoms with Crippen molar-refractivity contribution in [1.82, 2.24) is 0 Å². The highest BCUT2D eigenvalue weighted by Gasteiger charge is 2.31. The molecule has 2 heteroatoms. The van der Waals surface area contributed by atoms with Crippen LogP contribution >= 0.6 is 12.6 Å². The molecule has 1 N–H and O–H groups in total. The topological polar surface area (TPSA) is 23.9 Å². The third-order valence-electron chi connectivity index (χ3n) is 5.04. The molecular weight excluding hydrogens is 286 g/mol. The van der Waals surface area contributed by atoms with Crippen LogP contribution in [0.15, 0.2) is 12.2 Å². The lowest BCUT2D eigenvalue weighted by Crippen LogP contribution is -2.13. The first-order valence-corrected chi connectivity index (χ1v) is 10.1. The molecule has 0 aromatic heterocycles. The maximum Gasteiger partial charge on any atom is 0.00509 e. The number of unbranched alkanes of at least 4 members (excludes halogenated alkanes) is 8. The minimum absolute atomic E-state index is 0.615. The zero-order chi connectivity index (χ0) is 16.0. The van der Waals surface area contributed by atoms with E-state index in [1.807, 2.05) is 0 Å². The van der Waals surface area contributed by atoms with Crippen molar-refractivity contribution in [1.29, 1.82) is 5.41 Å². The summed E-state index contributed by atoms with van der Waals surface area (Å²) in [5.41, 5.74) is 0. The van der Waals surface area contributed by atoms with E-state index in [1.165, 1.54) is 70.6 Å². The minimum atomic E-state index is 0.615. The highest BCUT2D eigenvalue weighted by molar-refractivity contribution is 7.81. The summed E-state index contributed by atoms with van der Waals surface area (Å²) in [5, 5.41) is 7.54. The van der Waals surface area contributed by atoms with E-state index >= 15 is 0 Å². The smallest absolute Gasteiger partial charge is 0.00509 e. The molecule has 0 aromatic rings. The molecule has 1 rings (SSSR count). The van der Waals surface area contributed by atoms with Crippen LogP contribution in [-0.2, 0) is 0 Å². The molecule has 1 saturated carbocycles. The SMILES string of the molecule is CCCCCC/C=C/C1CCC(S)C1CCCCCC[C-]=N. The van der Waals surface area contributed by atoms with E-state index < -0.39 is 0 Å². The second-order valence-corrected chi connectivity index (χ2v) is 7.54. The van der Waals surface area contributed by atoms with Crippen LogP contribution in [0.3, 0.4) is 0 Å². The average Bonchev–Trinajstić information content (AvgIpc) is 2.87. The Balaban J connectivity index is 2.18. The third kappa shape index (κ3) is 8.41. The van der Waals surface area contributed by atoms with E-state index in [0.717, 1.165) is 24.7 Å². The molecule has 0 heterocycles. The third-order valence-corrected chi connectivity index (χ3v) is 5.68. The maximum absolute atomic E-state index is 6.92. The standard InChI is InChI=1S/C20H36NS/c1-2-3-4-5-7-10-13-18-15-16-20(22)19(18)14-11-8-6-9-12-17-21/h10,13,18-22H,2-9,11-12,14-16H2,1H3/q-1/b13-10+. The van der Waals surface area contributed by atoms with Crippen LogP contribution in [-0.4, -0.2) is 11.5 Å². The van der Waals surface area contributed by atoms with Gasteiger partial charge in [0.05, 0.1) is 0 Å². The van der Waals surface area contributed by atoms with Gasteiger partial charge in [0.15, 0.2) is 0 Å². The molecule has 0 saturated heterocycles. The lowest BCUT2D eigenvalue weighted by molar-refractivity contribution is 0.410. The Morgan fingerprint density at radius 2 is 1.82 bits per heavy atom. The van der Waals surface area contributed by atoms with Crippen molar-refractivity contribution < 1.29 is 0 Å². The maximum atomic E-state index is 6.92. The van der Waals surface area contributed by atoms with Gasteiger partial charge in [-0.15, -0.1) is 0 Å². The van der Waals surface area contributed by atoms with Crippen LogP contribution in [0.2, 0.25) is 0 Å². The fourth-order valence-corrected chi connectivity index (χ4v) is 4.15. The zero-order valence-corrected chi connectivity index (χ0v) is 15.4. The van der Waals surface area contributed by atoms with E-state index in [2.05, 4.69) is 25.3 Å². The van der Waals surface area contributed by atoms with Crippen LogP contribution in [0.5, 0.6) is 0 Å². The van der Waals surface area contributed by atoms with Gasteiger partial charge in [0.2, 0.25) is 0 Å². The molecule has 0 radical (unpaired) electrons. The van der Waals surface area contributed by atoms with Crippen LogP contribution in [0.25, 0.3) is 0 Å². The Morgan fingerprint density at radius 3 is 2.59 bits per heavy atom. The van der Waals surface area contributed by atoms with Crippen molar-refractivity contribution in [3.05, 3.63) is 12.2 Å².